The number of aromatic nitrogens is 4. The van der Waals surface area contributed by atoms with Crippen LogP contribution in [0.15, 0.2) is 34.4 Å². The van der Waals surface area contributed by atoms with Crippen molar-refractivity contribution in [1.29, 1.82) is 0 Å². The zero-order valence-electron chi connectivity index (χ0n) is 14.8. The number of carbonyl (C=O) groups excluding carboxylic acids is 1. The summed E-state index contributed by atoms with van der Waals surface area (Å²) in [6, 6.07) is 4.06. The Bertz CT molecular complexity index is 729. The molecule has 26 heavy (non-hydrogen) atoms. The van der Waals surface area contributed by atoms with Gasteiger partial charge in [0, 0.05) is 24.2 Å². The second-order valence-corrected chi connectivity index (χ2v) is 7.94. The average Bonchev–Trinajstić information content (AvgIpc) is 3.34. The van der Waals surface area contributed by atoms with Gasteiger partial charge in [-0.1, -0.05) is 23.9 Å². The fraction of sp³-hybridized carbons (Fsp3) is 0.529. The number of thioether (sulfide) groups is 1. The van der Waals surface area contributed by atoms with E-state index in [9.17, 15) is 4.79 Å². The third-order valence-corrected chi connectivity index (χ3v) is 5.95. The summed E-state index contributed by atoms with van der Waals surface area (Å²) in [4.78, 5) is 15.8. The van der Waals surface area contributed by atoms with Gasteiger partial charge in [-0.15, -0.1) is 16.4 Å². The highest BCUT2D eigenvalue weighted by Crippen LogP contribution is 2.23. The monoisotopic (exact) mass is 393 g/mol. The van der Waals surface area contributed by atoms with Crippen LogP contribution in [0.5, 0.6) is 0 Å². The Hall–Kier alpha value is -1.71. The largest absolute Gasteiger partial charge is 0.383 e. The minimum Gasteiger partial charge on any atom is -0.383 e. The molecule has 9 heteroatoms. The topological polar surface area (TPSA) is 73.1 Å². The van der Waals surface area contributed by atoms with Crippen molar-refractivity contribution < 1.29 is 9.53 Å². The Morgan fingerprint density at radius 2 is 2.38 bits per heavy atom. The Balaban J connectivity index is 1.61. The van der Waals surface area contributed by atoms with Crippen molar-refractivity contribution in [3.8, 4) is 0 Å². The lowest BCUT2D eigenvalue weighted by Crippen LogP contribution is -2.35. The van der Waals surface area contributed by atoms with E-state index in [1.54, 1.807) is 23.1 Å². The van der Waals surface area contributed by atoms with E-state index in [4.69, 9.17) is 4.74 Å². The molecule has 0 fully saturated rings. The maximum Gasteiger partial charge on any atom is 0.237 e. The van der Waals surface area contributed by atoms with E-state index in [1.807, 2.05) is 22.4 Å². The first-order chi connectivity index (χ1) is 12.8. The molecule has 0 aliphatic heterocycles. The summed E-state index contributed by atoms with van der Waals surface area (Å²) < 4.78 is 6.92. The quantitative estimate of drug-likeness (QED) is 0.610. The molecular formula is C17H23N5O2S2. The van der Waals surface area contributed by atoms with E-state index in [-0.39, 0.29) is 5.91 Å². The van der Waals surface area contributed by atoms with Crippen molar-refractivity contribution in [3.05, 3.63) is 34.2 Å². The third-order valence-electron chi connectivity index (χ3n) is 4.14. The van der Waals surface area contributed by atoms with E-state index < -0.39 is 0 Å². The Kier molecular flexibility index (Phi) is 7.22. The first-order valence-corrected chi connectivity index (χ1v) is 10.5. The van der Waals surface area contributed by atoms with Crippen molar-refractivity contribution in [2.75, 3.05) is 26.0 Å². The molecule has 1 amide bonds. The van der Waals surface area contributed by atoms with Gasteiger partial charge in [-0.3, -0.25) is 4.79 Å². The van der Waals surface area contributed by atoms with Crippen molar-refractivity contribution in [1.82, 2.24) is 25.1 Å². The Morgan fingerprint density at radius 1 is 1.46 bits per heavy atom. The fourth-order valence-corrected chi connectivity index (χ4v) is 4.27. The molecule has 0 atom stereocenters. The maximum atomic E-state index is 12.8. The highest BCUT2D eigenvalue weighted by Gasteiger charge is 2.20. The SMILES string of the molecule is COCCN(C(=O)CSc1nnnn1Cc1cccs1)C1=CCCCC1. The van der Waals surface area contributed by atoms with Gasteiger partial charge in [-0.2, -0.15) is 0 Å². The molecule has 1 aliphatic carbocycles. The zero-order chi connectivity index (χ0) is 18.2. The Morgan fingerprint density at radius 3 is 3.12 bits per heavy atom. The van der Waals surface area contributed by atoms with Crippen molar-refractivity contribution in [2.45, 2.75) is 37.4 Å². The van der Waals surface area contributed by atoms with E-state index in [1.165, 1.54) is 23.1 Å². The maximum absolute atomic E-state index is 12.8. The van der Waals surface area contributed by atoms with Crippen molar-refractivity contribution >= 4 is 29.0 Å². The molecule has 1 aliphatic rings. The first kappa shape index (κ1) is 19.1. The minimum atomic E-state index is 0.0749. The van der Waals surface area contributed by atoms with Gasteiger partial charge in [0.2, 0.25) is 11.1 Å². The number of amides is 1. The number of rotatable bonds is 9. The number of hydrogen-bond acceptors (Lipinski definition) is 7. The van der Waals surface area contributed by atoms with E-state index in [2.05, 4.69) is 21.6 Å². The van der Waals surface area contributed by atoms with Crippen molar-refractivity contribution in [2.24, 2.45) is 0 Å². The minimum absolute atomic E-state index is 0.0749. The smallest absolute Gasteiger partial charge is 0.237 e. The van der Waals surface area contributed by atoms with Crippen LogP contribution in [0, 0.1) is 0 Å². The lowest BCUT2D eigenvalue weighted by atomic mass is 10.0. The summed E-state index contributed by atoms with van der Waals surface area (Å²) in [6.07, 6.45) is 6.51. The number of allylic oxidation sites excluding steroid dienone is 2. The molecule has 0 N–H and O–H groups in total. The molecule has 0 bridgehead atoms. The van der Waals surface area contributed by atoms with Gasteiger partial charge in [-0.25, -0.2) is 4.68 Å². The highest BCUT2D eigenvalue weighted by molar-refractivity contribution is 7.99. The number of ether oxygens (including phenoxy) is 1. The first-order valence-electron chi connectivity index (χ1n) is 8.67. The number of nitrogens with zero attached hydrogens (tertiary/aromatic N) is 5. The van der Waals surface area contributed by atoms with Gasteiger partial charge >= 0.3 is 0 Å². The van der Waals surface area contributed by atoms with Gasteiger partial charge in [0.1, 0.15) is 0 Å². The van der Waals surface area contributed by atoms with Gasteiger partial charge in [0.05, 0.1) is 18.9 Å². The number of hydrogen-bond donors (Lipinski definition) is 0. The number of carbonyl (C=O) groups is 1. The van der Waals surface area contributed by atoms with E-state index >= 15 is 0 Å². The third kappa shape index (κ3) is 5.15. The van der Waals surface area contributed by atoms with Crippen LogP contribution in [0.4, 0.5) is 0 Å². The molecule has 2 aromatic rings. The summed E-state index contributed by atoms with van der Waals surface area (Å²) in [5.41, 5.74) is 1.12. The molecule has 0 radical (unpaired) electrons. The zero-order valence-corrected chi connectivity index (χ0v) is 16.5. The van der Waals surface area contributed by atoms with Crippen LogP contribution in [-0.2, 0) is 16.1 Å². The van der Waals surface area contributed by atoms with Gasteiger partial charge in [-0.05, 0) is 47.6 Å². The van der Waals surface area contributed by atoms with Crippen LogP contribution in [0.25, 0.3) is 0 Å². The van der Waals surface area contributed by atoms with Gasteiger partial charge < -0.3 is 9.64 Å². The average molecular weight is 394 g/mol. The predicted octanol–water partition coefficient (Wildman–Crippen LogP) is 2.81. The fourth-order valence-electron chi connectivity index (χ4n) is 2.83. The molecule has 0 saturated heterocycles. The van der Waals surface area contributed by atoms with Crippen molar-refractivity contribution in [3.63, 3.8) is 0 Å². The van der Waals surface area contributed by atoms with Crippen LogP contribution in [0.2, 0.25) is 0 Å². The van der Waals surface area contributed by atoms with Crippen LogP contribution in [0.3, 0.4) is 0 Å². The predicted molar refractivity (Wildman–Crippen MR) is 102 cm³/mol. The molecule has 0 spiro atoms. The Labute approximate surface area is 161 Å². The van der Waals surface area contributed by atoms with Gasteiger partial charge in [0.15, 0.2) is 0 Å². The normalized spacial score (nSPS) is 14.3. The summed E-state index contributed by atoms with van der Waals surface area (Å²) >= 11 is 3.05. The molecule has 140 valence electrons. The number of thiophene rings is 1. The van der Waals surface area contributed by atoms with Gasteiger partial charge in [0.25, 0.3) is 0 Å². The summed E-state index contributed by atoms with van der Waals surface area (Å²) in [7, 11) is 1.66. The molecule has 3 rings (SSSR count). The molecule has 0 saturated carbocycles. The van der Waals surface area contributed by atoms with Crippen LogP contribution >= 0.6 is 23.1 Å². The van der Waals surface area contributed by atoms with E-state index in [0.717, 1.165) is 25.0 Å². The van der Waals surface area contributed by atoms with Crippen LogP contribution < -0.4 is 0 Å². The molecule has 7 nitrogen and oxygen atoms in total. The molecule has 2 aromatic heterocycles. The van der Waals surface area contributed by atoms with Crippen LogP contribution in [0.1, 0.15) is 30.6 Å². The summed E-state index contributed by atoms with van der Waals surface area (Å²) in [5, 5.41) is 14.5. The molecule has 2 heterocycles. The lowest BCUT2D eigenvalue weighted by Gasteiger charge is -2.27. The summed E-state index contributed by atoms with van der Waals surface area (Å²) in [6.45, 7) is 1.74. The summed E-state index contributed by atoms with van der Waals surface area (Å²) in [5.74, 6) is 0.386. The number of methoxy groups -OCH3 is 1. The van der Waals surface area contributed by atoms with E-state index in [0.29, 0.717) is 30.6 Å². The highest BCUT2D eigenvalue weighted by atomic mass is 32.2. The molecular weight excluding hydrogens is 370 g/mol. The second kappa shape index (κ2) is 9.84. The lowest BCUT2D eigenvalue weighted by molar-refractivity contribution is -0.127. The second-order valence-electron chi connectivity index (χ2n) is 5.97. The molecule has 0 unspecified atom stereocenters. The standard InChI is InChI=1S/C17H23N5O2S2/c1-24-10-9-21(14-6-3-2-4-7-14)16(23)13-26-17-18-19-20-22(17)12-15-8-5-11-25-15/h5-6,8,11H,2-4,7,9-10,12-13H2,1H3. The number of tetrazole rings is 1. The molecule has 0 aromatic carbocycles. The van der Waals surface area contributed by atoms with Crippen LogP contribution in [-0.4, -0.2) is 57.0 Å².